The second kappa shape index (κ2) is 9.86. The minimum Gasteiger partial charge on any atom is -0.497 e. The van der Waals surface area contributed by atoms with Crippen LogP contribution in [0.1, 0.15) is 12.0 Å². The third-order valence-corrected chi connectivity index (χ3v) is 8.63. The molecule has 0 spiro atoms. The van der Waals surface area contributed by atoms with Crippen LogP contribution in [0.5, 0.6) is 17.2 Å². The molecular formula is C25H20Cl2N2O7S. The summed E-state index contributed by atoms with van der Waals surface area (Å²) in [4.78, 5) is 27.3. The van der Waals surface area contributed by atoms with Crippen LogP contribution < -0.4 is 19.1 Å². The Morgan fingerprint density at radius 3 is 2.46 bits per heavy atom. The Balaban J connectivity index is 1.56. The van der Waals surface area contributed by atoms with Gasteiger partial charge in [-0.25, -0.2) is 13.3 Å². The largest absolute Gasteiger partial charge is 0.497 e. The van der Waals surface area contributed by atoms with Gasteiger partial charge in [0.05, 0.1) is 24.2 Å². The predicted molar refractivity (Wildman–Crippen MR) is 136 cm³/mol. The molecule has 1 unspecified atom stereocenters. The first-order valence-electron chi connectivity index (χ1n) is 11.1. The van der Waals surface area contributed by atoms with Crippen LogP contribution in [-0.2, 0) is 26.2 Å². The van der Waals surface area contributed by atoms with E-state index in [0.717, 1.165) is 9.21 Å². The highest BCUT2D eigenvalue weighted by molar-refractivity contribution is 7.89. The van der Waals surface area contributed by atoms with Crippen LogP contribution in [0, 0.1) is 0 Å². The van der Waals surface area contributed by atoms with Gasteiger partial charge in [0.25, 0.3) is 5.91 Å². The van der Waals surface area contributed by atoms with E-state index in [4.69, 9.17) is 37.4 Å². The molecule has 37 heavy (non-hydrogen) atoms. The fourth-order valence-electron chi connectivity index (χ4n) is 4.23. The number of methoxy groups -OCH3 is 1. The van der Waals surface area contributed by atoms with Gasteiger partial charge in [0.1, 0.15) is 16.7 Å². The maximum absolute atomic E-state index is 13.9. The second-order valence-electron chi connectivity index (χ2n) is 8.30. The Hall–Kier alpha value is -3.31. The molecule has 1 fully saturated rings. The van der Waals surface area contributed by atoms with Gasteiger partial charge >= 0.3 is 0 Å². The summed E-state index contributed by atoms with van der Waals surface area (Å²) in [6.07, 6.45) is -0.354. The molecule has 3 aromatic carbocycles. The number of amides is 2. The molecule has 2 heterocycles. The standard InChI is InChI=1S/C25H20Cl2N2O7S/c1-34-18-6-4-17(5-7-18)29-24(30)12-20(25(29)31)28(13-15-2-9-21-22(10-15)36-14-35-21)37(32,33)23-11-16(26)3-8-19(23)27/h2-11,20H,12-14H2,1H3. The number of rotatable bonds is 7. The molecule has 0 aromatic heterocycles. The first kappa shape index (κ1) is 25.3. The van der Waals surface area contributed by atoms with Crippen molar-refractivity contribution >= 4 is 50.7 Å². The van der Waals surface area contributed by atoms with E-state index in [2.05, 4.69) is 0 Å². The molecule has 192 valence electrons. The van der Waals surface area contributed by atoms with Crippen molar-refractivity contribution in [3.05, 3.63) is 76.3 Å². The predicted octanol–water partition coefficient (Wildman–Crippen LogP) is 4.25. The van der Waals surface area contributed by atoms with Gasteiger partial charge in [0.2, 0.25) is 22.7 Å². The molecule has 0 saturated carbocycles. The normalized spacial score (nSPS) is 17.1. The van der Waals surface area contributed by atoms with Crippen molar-refractivity contribution in [1.82, 2.24) is 4.31 Å². The van der Waals surface area contributed by atoms with Gasteiger partial charge in [-0.3, -0.25) is 9.59 Å². The molecule has 2 aliphatic heterocycles. The molecule has 12 heteroatoms. The Kier molecular flexibility index (Phi) is 6.76. The van der Waals surface area contributed by atoms with Crippen LogP contribution >= 0.6 is 23.2 Å². The Bertz CT molecular complexity index is 1500. The summed E-state index contributed by atoms with van der Waals surface area (Å²) in [5.41, 5.74) is 0.827. The smallest absolute Gasteiger partial charge is 0.252 e. The average molecular weight is 563 g/mol. The fourth-order valence-corrected chi connectivity index (χ4v) is 6.54. The van der Waals surface area contributed by atoms with E-state index in [-0.39, 0.29) is 34.7 Å². The lowest BCUT2D eigenvalue weighted by atomic mass is 10.1. The Morgan fingerprint density at radius 2 is 1.73 bits per heavy atom. The van der Waals surface area contributed by atoms with Gasteiger partial charge in [0, 0.05) is 11.6 Å². The van der Waals surface area contributed by atoms with Crippen LogP contribution in [0.15, 0.2) is 65.6 Å². The molecule has 3 aromatic rings. The fraction of sp³-hybridized carbons (Fsp3) is 0.200. The maximum atomic E-state index is 13.9. The van der Waals surface area contributed by atoms with Gasteiger partial charge < -0.3 is 14.2 Å². The van der Waals surface area contributed by atoms with Crippen molar-refractivity contribution in [1.29, 1.82) is 0 Å². The third kappa shape index (κ3) is 4.73. The summed E-state index contributed by atoms with van der Waals surface area (Å²) in [6.45, 7) is -0.187. The van der Waals surface area contributed by atoms with Crippen LogP contribution in [0.3, 0.4) is 0 Å². The number of ether oxygens (including phenoxy) is 3. The molecule has 0 N–H and O–H groups in total. The number of halogens is 2. The molecule has 0 bridgehead atoms. The number of imide groups is 1. The number of fused-ring (bicyclic) bond motifs is 1. The van der Waals surface area contributed by atoms with Crippen molar-refractivity contribution in [2.24, 2.45) is 0 Å². The number of carbonyl (C=O) groups excluding carboxylic acids is 2. The van der Waals surface area contributed by atoms with Crippen molar-refractivity contribution in [3.8, 4) is 17.2 Å². The number of anilines is 1. The van der Waals surface area contributed by atoms with Crippen molar-refractivity contribution < 1.29 is 32.2 Å². The summed E-state index contributed by atoms with van der Waals surface area (Å²) in [7, 11) is -2.90. The number of sulfonamides is 1. The number of nitrogens with zero attached hydrogens (tertiary/aromatic N) is 2. The number of carbonyl (C=O) groups is 2. The first-order valence-corrected chi connectivity index (χ1v) is 13.2. The maximum Gasteiger partial charge on any atom is 0.252 e. The third-order valence-electron chi connectivity index (χ3n) is 6.06. The highest BCUT2D eigenvalue weighted by atomic mass is 35.5. The van der Waals surface area contributed by atoms with E-state index < -0.39 is 27.9 Å². The zero-order valence-corrected chi connectivity index (χ0v) is 21.7. The van der Waals surface area contributed by atoms with Crippen molar-refractivity contribution in [2.45, 2.75) is 23.9 Å². The first-order chi connectivity index (χ1) is 17.7. The summed E-state index contributed by atoms with van der Waals surface area (Å²) >= 11 is 12.3. The molecule has 0 aliphatic carbocycles. The number of hydrogen-bond donors (Lipinski definition) is 0. The zero-order valence-electron chi connectivity index (χ0n) is 19.4. The van der Waals surface area contributed by atoms with E-state index in [9.17, 15) is 18.0 Å². The molecular weight excluding hydrogens is 543 g/mol. The van der Waals surface area contributed by atoms with Gasteiger partial charge in [-0.1, -0.05) is 29.3 Å². The lowest BCUT2D eigenvalue weighted by Crippen LogP contribution is -2.45. The topological polar surface area (TPSA) is 102 Å². The Labute approximate surface area is 223 Å². The monoisotopic (exact) mass is 562 g/mol. The van der Waals surface area contributed by atoms with E-state index in [1.807, 2.05) is 0 Å². The highest BCUT2D eigenvalue weighted by Gasteiger charge is 2.47. The number of hydrogen-bond acceptors (Lipinski definition) is 7. The summed E-state index contributed by atoms with van der Waals surface area (Å²) in [5, 5.41) is 0.0866. The average Bonchev–Trinajstić information content (AvgIpc) is 3.47. The number of benzene rings is 3. The SMILES string of the molecule is COc1ccc(N2C(=O)CC(N(Cc3ccc4c(c3)OCO4)S(=O)(=O)c3cc(Cl)ccc3Cl)C2=O)cc1. The molecule has 2 aliphatic rings. The lowest BCUT2D eigenvalue weighted by Gasteiger charge is -2.27. The van der Waals surface area contributed by atoms with Gasteiger partial charge in [0.15, 0.2) is 11.5 Å². The molecule has 1 saturated heterocycles. The molecule has 1 atom stereocenters. The molecule has 2 amide bonds. The van der Waals surface area contributed by atoms with Crippen LogP contribution in [0.25, 0.3) is 0 Å². The van der Waals surface area contributed by atoms with E-state index >= 15 is 0 Å². The van der Waals surface area contributed by atoms with Crippen LogP contribution in [0.2, 0.25) is 10.0 Å². The minimum absolute atomic E-state index is 0.0470. The quantitative estimate of drug-likeness (QED) is 0.396. The summed E-state index contributed by atoms with van der Waals surface area (Å²) in [5.74, 6) is 0.293. The van der Waals surface area contributed by atoms with Crippen molar-refractivity contribution in [3.63, 3.8) is 0 Å². The molecule has 9 nitrogen and oxygen atoms in total. The Morgan fingerprint density at radius 1 is 1.00 bits per heavy atom. The van der Waals surface area contributed by atoms with Crippen LogP contribution in [-0.4, -0.2) is 44.5 Å². The molecule has 5 rings (SSSR count). The van der Waals surface area contributed by atoms with E-state index in [1.54, 1.807) is 42.5 Å². The molecule has 0 radical (unpaired) electrons. The minimum atomic E-state index is -4.40. The van der Waals surface area contributed by atoms with Gasteiger partial charge in [-0.05, 0) is 60.2 Å². The van der Waals surface area contributed by atoms with Gasteiger partial charge in [-0.15, -0.1) is 0 Å². The zero-order chi connectivity index (χ0) is 26.3. The van der Waals surface area contributed by atoms with Gasteiger partial charge in [-0.2, -0.15) is 4.31 Å². The summed E-state index contributed by atoms with van der Waals surface area (Å²) < 4.78 is 44.7. The lowest BCUT2D eigenvalue weighted by molar-refractivity contribution is -0.122. The highest BCUT2D eigenvalue weighted by Crippen LogP contribution is 2.37. The summed E-state index contributed by atoms with van der Waals surface area (Å²) in [6, 6.07) is 14.0. The van der Waals surface area contributed by atoms with Crippen molar-refractivity contribution in [2.75, 3.05) is 18.8 Å². The van der Waals surface area contributed by atoms with E-state index in [1.165, 1.54) is 25.3 Å². The second-order valence-corrected chi connectivity index (χ2v) is 11.0. The van der Waals surface area contributed by atoms with Crippen LogP contribution in [0.4, 0.5) is 5.69 Å². The van der Waals surface area contributed by atoms with E-state index in [0.29, 0.717) is 28.5 Å².